The number of benzene rings is 1. The number of carbonyl (C=O) groups is 1. The minimum absolute atomic E-state index is 0.0183. The van der Waals surface area contributed by atoms with Gasteiger partial charge in [0.25, 0.3) is 0 Å². The van der Waals surface area contributed by atoms with E-state index in [9.17, 15) is 9.90 Å². The van der Waals surface area contributed by atoms with Gasteiger partial charge in [0.2, 0.25) is 0 Å². The van der Waals surface area contributed by atoms with E-state index >= 15 is 0 Å². The lowest BCUT2D eigenvalue weighted by Gasteiger charge is -2.02. The molecule has 0 aliphatic rings. The lowest BCUT2D eigenvalue weighted by Crippen LogP contribution is -2.63. The standard InChI is InChI=1S/C12H13NO4/c1-13-8-17-12(15)6-4-9-3-5-11(16-2)10(14)7-9/h3-8,14H,1-2H3/p+1/b6-4+,13-8?. The molecule has 0 aromatic heterocycles. The van der Waals surface area contributed by atoms with Crippen molar-refractivity contribution in [3.05, 3.63) is 29.8 Å². The number of methoxy groups -OCH3 is 1. The number of aromatic hydroxyl groups is 1. The Morgan fingerprint density at radius 2 is 2.24 bits per heavy atom. The predicted octanol–water partition coefficient (Wildman–Crippen LogP) is -0.304. The van der Waals surface area contributed by atoms with Gasteiger partial charge in [-0.25, -0.2) is 9.79 Å². The Morgan fingerprint density at radius 1 is 1.47 bits per heavy atom. The third-order valence-corrected chi connectivity index (χ3v) is 1.91. The van der Waals surface area contributed by atoms with Crippen LogP contribution in [-0.2, 0) is 9.53 Å². The summed E-state index contributed by atoms with van der Waals surface area (Å²) in [5.74, 6) is -0.104. The van der Waals surface area contributed by atoms with E-state index in [1.165, 1.54) is 31.7 Å². The molecule has 17 heavy (non-hydrogen) atoms. The number of hydrogen-bond acceptors (Lipinski definition) is 4. The second kappa shape index (κ2) is 6.32. The fraction of sp³-hybridized carbons (Fsp3) is 0.167. The van der Waals surface area contributed by atoms with Crippen LogP contribution >= 0.6 is 0 Å². The Kier molecular flexibility index (Phi) is 4.75. The number of carbonyl (C=O) groups excluding carboxylic acids is 1. The molecule has 0 radical (unpaired) electrons. The highest BCUT2D eigenvalue weighted by atomic mass is 16.5. The van der Waals surface area contributed by atoms with Crippen LogP contribution in [0.5, 0.6) is 11.5 Å². The van der Waals surface area contributed by atoms with E-state index in [1.54, 1.807) is 19.2 Å². The van der Waals surface area contributed by atoms with Gasteiger partial charge in [-0.2, -0.15) is 0 Å². The maximum absolute atomic E-state index is 11.1. The molecule has 1 aromatic carbocycles. The molecule has 1 aromatic rings. The van der Waals surface area contributed by atoms with E-state index < -0.39 is 5.97 Å². The Hall–Kier alpha value is -2.30. The van der Waals surface area contributed by atoms with Gasteiger partial charge in [-0.3, -0.25) is 0 Å². The van der Waals surface area contributed by atoms with Gasteiger partial charge < -0.3 is 14.6 Å². The molecule has 0 amide bonds. The molecule has 5 nitrogen and oxygen atoms in total. The SMILES string of the molecule is C[NH+]=COC(=O)/C=C/c1ccc(OC)c(O)c1. The zero-order valence-electron chi connectivity index (χ0n) is 9.64. The Balaban J connectivity index is 2.71. The molecule has 0 bridgehead atoms. The van der Waals surface area contributed by atoms with Gasteiger partial charge >= 0.3 is 12.4 Å². The first kappa shape index (κ1) is 12.8. The summed E-state index contributed by atoms with van der Waals surface area (Å²) in [6.45, 7) is 0. The summed E-state index contributed by atoms with van der Waals surface area (Å²) in [6.07, 6.45) is 3.97. The molecular formula is C12H14NO4+. The van der Waals surface area contributed by atoms with Crippen molar-refractivity contribution in [2.45, 2.75) is 0 Å². The summed E-state index contributed by atoms with van der Waals surface area (Å²) in [6, 6.07) is 4.81. The highest BCUT2D eigenvalue weighted by Gasteiger charge is 2.01. The molecule has 5 heteroatoms. The zero-order chi connectivity index (χ0) is 12.7. The van der Waals surface area contributed by atoms with Gasteiger partial charge in [0.05, 0.1) is 7.11 Å². The maximum Gasteiger partial charge on any atom is 0.339 e. The maximum atomic E-state index is 11.1. The van der Waals surface area contributed by atoms with Gasteiger partial charge in [-0.15, -0.1) is 0 Å². The molecule has 1 rings (SSSR count). The fourth-order valence-corrected chi connectivity index (χ4v) is 1.13. The highest BCUT2D eigenvalue weighted by molar-refractivity contribution is 5.90. The minimum Gasteiger partial charge on any atom is -0.504 e. The largest absolute Gasteiger partial charge is 0.504 e. The Labute approximate surface area is 99.0 Å². The Morgan fingerprint density at radius 3 is 2.82 bits per heavy atom. The van der Waals surface area contributed by atoms with Gasteiger partial charge in [0.1, 0.15) is 7.05 Å². The van der Waals surface area contributed by atoms with Crippen molar-refractivity contribution in [1.82, 2.24) is 0 Å². The van der Waals surface area contributed by atoms with E-state index in [4.69, 9.17) is 4.74 Å². The molecule has 0 aliphatic carbocycles. The minimum atomic E-state index is -0.505. The molecule has 0 spiro atoms. The first-order valence-electron chi connectivity index (χ1n) is 4.92. The predicted molar refractivity (Wildman–Crippen MR) is 62.7 cm³/mol. The van der Waals surface area contributed by atoms with Crippen molar-refractivity contribution in [1.29, 1.82) is 0 Å². The monoisotopic (exact) mass is 236 g/mol. The fourth-order valence-electron chi connectivity index (χ4n) is 1.13. The molecule has 0 heterocycles. The van der Waals surface area contributed by atoms with E-state index in [2.05, 4.69) is 9.73 Å². The average Bonchev–Trinajstić information content (AvgIpc) is 2.34. The molecule has 0 aliphatic heterocycles. The van der Waals surface area contributed by atoms with Crippen LogP contribution in [0.25, 0.3) is 6.08 Å². The first-order chi connectivity index (χ1) is 8.17. The topological polar surface area (TPSA) is 69.7 Å². The van der Waals surface area contributed by atoms with E-state index in [0.717, 1.165) is 0 Å². The summed E-state index contributed by atoms with van der Waals surface area (Å²) in [5.41, 5.74) is 0.671. The van der Waals surface area contributed by atoms with Crippen molar-refractivity contribution >= 4 is 18.4 Å². The second-order valence-electron chi connectivity index (χ2n) is 3.11. The van der Waals surface area contributed by atoms with Crippen molar-refractivity contribution in [2.24, 2.45) is 0 Å². The molecule has 0 atom stereocenters. The molecule has 2 N–H and O–H groups in total. The van der Waals surface area contributed by atoms with Crippen molar-refractivity contribution in [3.8, 4) is 11.5 Å². The smallest absolute Gasteiger partial charge is 0.339 e. The second-order valence-corrected chi connectivity index (χ2v) is 3.11. The van der Waals surface area contributed by atoms with Crippen LogP contribution in [0.15, 0.2) is 24.3 Å². The summed E-state index contributed by atoms with van der Waals surface area (Å²) in [5, 5.41) is 9.51. The lowest BCUT2D eigenvalue weighted by atomic mass is 10.2. The van der Waals surface area contributed by atoms with Gasteiger partial charge in [-0.05, 0) is 23.8 Å². The van der Waals surface area contributed by atoms with Crippen molar-refractivity contribution in [2.75, 3.05) is 14.2 Å². The number of phenols is 1. The quantitative estimate of drug-likeness (QED) is 0.326. The molecule has 0 saturated carbocycles. The lowest BCUT2D eigenvalue weighted by molar-refractivity contribution is -0.423. The third kappa shape index (κ3) is 3.98. The molecular weight excluding hydrogens is 222 g/mol. The number of rotatable bonds is 4. The number of phenolic OH excluding ortho intramolecular Hbond substituents is 1. The van der Waals surface area contributed by atoms with Gasteiger partial charge in [0, 0.05) is 6.08 Å². The third-order valence-electron chi connectivity index (χ3n) is 1.91. The molecule has 90 valence electrons. The summed E-state index contributed by atoms with van der Waals surface area (Å²) < 4.78 is 9.54. The molecule has 0 unspecified atom stereocenters. The summed E-state index contributed by atoms with van der Waals surface area (Å²) in [7, 11) is 3.09. The number of esters is 1. The van der Waals surface area contributed by atoms with Crippen molar-refractivity contribution < 1.29 is 24.4 Å². The number of hydrogen-bond donors (Lipinski definition) is 2. The molecule has 0 saturated heterocycles. The molecule has 0 fully saturated rings. The van der Waals surface area contributed by atoms with Crippen LogP contribution in [0.4, 0.5) is 0 Å². The van der Waals surface area contributed by atoms with Crippen LogP contribution in [0, 0.1) is 0 Å². The average molecular weight is 236 g/mol. The van der Waals surface area contributed by atoms with Crippen LogP contribution in [0.3, 0.4) is 0 Å². The van der Waals surface area contributed by atoms with Gasteiger partial charge in [-0.1, -0.05) is 6.07 Å². The van der Waals surface area contributed by atoms with Crippen molar-refractivity contribution in [3.63, 3.8) is 0 Å². The van der Waals surface area contributed by atoms with Crippen LogP contribution in [0.2, 0.25) is 0 Å². The highest BCUT2D eigenvalue weighted by Crippen LogP contribution is 2.26. The number of nitrogens with one attached hydrogen (secondary N) is 1. The van der Waals surface area contributed by atoms with Gasteiger partial charge in [0.15, 0.2) is 11.5 Å². The van der Waals surface area contributed by atoms with Crippen LogP contribution in [0.1, 0.15) is 5.56 Å². The Bertz CT molecular complexity index is 452. The normalized spacial score (nSPS) is 10.9. The van der Waals surface area contributed by atoms with E-state index in [0.29, 0.717) is 11.3 Å². The van der Waals surface area contributed by atoms with Crippen LogP contribution in [-0.4, -0.2) is 31.6 Å². The summed E-state index contributed by atoms with van der Waals surface area (Å²) in [4.78, 5) is 13.7. The first-order valence-corrected chi connectivity index (χ1v) is 4.92. The zero-order valence-corrected chi connectivity index (χ0v) is 9.64. The van der Waals surface area contributed by atoms with Crippen LogP contribution < -0.4 is 9.73 Å². The number of ether oxygens (including phenoxy) is 2. The summed E-state index contributed by atoms with van der Waals surface area (Å²) >= 11 is 0. The van der Waals surface area contributed by atoms with E-state index in [1.807, 2.05) is 0 Å². The van der Waals surface area contributed by atoms with E-state index in [-0.39, 0.29) is 5.75 Å².